The van der Waals surface area contributed by atoms with Crippen molar-refractivity contribution in [3.63, 3.8) is 0 Å². The van der Waals surface area contributed by atoms with Crippen LogP contribution in [0.3, 0.4) is 0 Å². The number of benzene rings is 1. The van der Waals surface area contributed by atoms with E-state index in [1.165, 1.54) is 36.8 Å². The number of fused-ring (bicyclic) bond motifs is 5. The minimum Gasteiger partial charge on any atom is -0.497 e. The van der Waals surface area contributed by atoms with E-state index in [0.29, 0.717) is 11.3 Å². The molecule has 4 atom stereocenters. The number of hydrogen-bond acceptors (Lipinski definition) is 2. The number of ether oxygens (including phenoxy) is 2. The van der Waals surface area contributed by atoms with Gasteiger partial charge in [0, 0.05) is 11.6 Å². The molecule has 2 nitrogen and oxygen atoms in total. The predicted octanol–water partition coefficient (Wildman–Crippen LogP) is 4.73. The summed E-state index contributed by atoms with van der Waals surface area (Å²) >= 11 is 0. The maximum Gasteiger partial charge on any atom is 0.126 e. The van der Waals surface area contributed by atoms with Gasteiger partial charge in [-0.15, -0.1) is 0 Å². The summed E-state index contributed by atoms with van der Waals surface area (Å²) in [6.07, 6.45) is 11.3. The van der Waals surface area contributed by atoms with Gasteiger partial charge >= 0.3 is 0 Å². The molecule has 1 aromatic rings. The predicted molar refractivity (Wildman–Crippen MR) is 88.7 cm³/mol. The highest BCUT2D eigenvalue weighted by Crippen LogP contribution is 2.59. The summed E-state index contributed by atoms with van der Waals surface area (Å²) < 4.78 is 11.2. The van der Waals surface area contributed by atoms with Crippen LogP contribution in [0.25, 0.3) is 0 Å². The highest BCUT2D eigenvalue weighted by Gasteiger charge is 2.49. The molecule has 1 aromatic carbocycles. The Labute approximate surface area is 133 Å². The number of rotatable bonds is 2. The summed E-state index contributed by atoms with van der Waals surface area (Å²) in [5.41, 5.74) is 3.37. The van der Waals surface area contributed by atoms with Crippen LogP contribution in [0.2, 0.25) is 0 Å². The summed E-state index contributed by atoms with van der Waals surface area (Å²) in [6.45, 7) is 2.47. The van der Waals surface area contributed by atoms with Crippen LogP contribution in [0.1, 0.15) is 49.7 Å². The molecule has 4 rings (SSSR count). The van der Waals surface area contributed by atoms with Crippen LogP contribution >= 0.6 is 0 Å². The Morgan fingerprint density at radius 1 is 1.14 bits per heavy atom. The first kappa shape index (κ1) is 14.2. The Morgan fingerprint density at radius 3 is 2.77 bits per heavy atom. The molecule has 0 unspecified atom stereocenters. The van der Waals surface area contributed by atoms with Crippen molar-refractivity contribution in [2.24, 2.45) is 17.3 Å². The van der Waals surface area contributed by atoms with E-state index in [0.717, 1.165) is 29.8 Å². The molecule has 1 fully saturated rings. The average Bonchev–Trinajstić information content (AvgIpc) is 2.95. The van der Waals surface area contributed by atoms with Gasteiger partial charge in [-0.25, -0.2) is 0 Å². The largest absolute Gasteiger partial charge is 0.497 e. The van der Waals surface area contributed by atoms with Crippen molar-refractivity contribution in [2.75, 3.05) is 14.2 Å². The zero-order valence-corrected chi connectivity index (χ0v) is 13.9. The van der Waals surface area contributed by atoms with Crippen molar-refractivity contribution in [3.05, 3.63) is 35.4 Å². The van der Waals surface area contributed by atoms with Gasteiger partial charge in [0.25, 0.3) is 0 Å². The first-order valence-electron chi connectivity index (χ1n) is 8.59. The molecule has 0 amide bonds. The molecular formula is C20H26O2. The van der Waals surface area contributed by atoms with Crippen LogP contribution in [0.15, 0.2) is 24.3 Å². The van der Waals surface area contributed by atoms with Gasteiger partial charge < -0.3 is 9.47 Å². The summed E-state index contributed by atoms with van der Waals surface area (Å²) in [5, 5.41) is 0. The molecule has 0 heterocycles. The lowest BCUT2D eigenvalue weighted by Crippen LogP contribution is -2.39. The highest BCUT2D eigenvalue weighted by atomic mass is 16.5. The van der Waals surface area contributed by atoms with Crippen molar-refractivity contribution >= 4 is 0 Å². The molecule has 3 aliphatic rings. The molecule has 0 saturated heterocycles. The minimum atomic E-state index is 0.443. The standard InChI is InChI=1S/C20H26O2/c1-20-9-4-5-17(20)15-7-6-13-11-14(21-2)12-18(22-3)19(13)16(15)8-10-20/h4,9,11-12,15-17H,5-8,10H2,1-3H3/t15-,16+,17+,20+/m1/s1. The van der Waals surface area contributed by atoms with E-state index in [2.05, 4.69) is 31.2 Å². The van der Waals surface area contributed by atoms with Crippen molar-refractivity contribution in [1.82, 2.24) is 0 Å². The zero-order valence-electron chi connectivity index (χ0n) is 13.9. The molecule has 3 aliphatic carbocycles. The summed E-state index contributed by atoms with van der Waals surface area (Å²) in [4.78, 5) is 0. The topological polar surface area (TPSA) is 18.5 Å². The first-order chi connectivity index (χ1) is 10.7. The van der Waals surface area contributed by atoms with E-state index in [1.54, 1.807) is 14.2 Å². The summed E-state index contributed by atoms with van der Waals surface area (Å²) in [6, 6.07) is 4.30. The van der Waals surface area contributed by atoms with Gasteiger partial charge in [-0.2, -0.15) is 0 Å². The molecule has 0 spiro atoms. The molecular weight excluding hydrogens is 272 g/mol. The smallest absolute Gasteiger partial charge is 0.126 e. The summed E-state index contributed by atoms with van der Waals surface area (Å²) in [5.74, 6) is 4.27. The molecule has 0 aliphatic heterocycles. The van der Waals surface area contributed by atoms with Crippen molar-refractivity contribution in [1.29, 1.82) is 0 Å². The maximum absolute atomic E-state index is 5.74. The van der Waals surface area contributed by atoms with Crippen molar-refractivity contribution < 1.29 is 9.47 Å². The molecule has 0 N–H and O–H groups in total. The number of hydrogen-bond donors (Lipinski definition) is 0. The van der Waals surface area contributed by atoms with E-state index in [1.807, 2.05) is 0 Å². The third-order valence-electron chi connectivity index (χ3n) is 6.54. The molecule has 0 aromatic heterocycles. The second-order valence-electron chi connectivity index (χ2n) is 7.50. The highest BCUT2D eigenvalue weighted by molar-refractivity contribution is 5.50. The SMILES string of the molecule is COc1cc2c(c(OC)c1)[C@H]1CC[C@]3(C)C=CC[C@H]3[C@@H]1CC2. The Bertz CT molecular complexity index is 601. The van der Waals surface area contributed by atoms with E-state index in [9.17, 15) is 0 Å². The lowest BCUT2D eigenvalue weighted by molar-refractivity contribution is 0.0813. The van der Waals surface area contributed by atoms with Crippen LogP contribution in [0, 0.1) is 17.3 Å². The summed E-state index contributed by atoms with van der Waals surface area (Å²) in [7, 11) is 3.53. The Hall–Kier alpha value is -1.44. The van der Waals surface area contributed by atoms with Crippen LogP contribution in [0.5, 0.6) is 11.5 Å². The Balaban J connectivity index is 1.76. The van der Waals surface area contributed by atoms with Crippen molar-refractivity contribution in [2.45, 2.75) is 44.9 Å². The Morgan fingerprint density at radius 2 is 2.00 bits per heavy atom. The molecule has 2 heteroatoms. The Kier molecular flexibility index (Phi) is 3.25. The van der Waals surface area contributed by atoms with E-state index >= 15 is 0 Å². The molecule has 0 radical (unpaired) electrons. The van der Waals surface area contributed by atoms with E-state index < -0.39 is 0 Å². The van der Waals surface area contributed by atoms with Crippen LogP contribution in [-0.4, -0.2) is 14.2 Å². The fourth-order valence-electron chi connectivity index (χ4n) is 5.42. The number of aryl methyl sites for hydroxylation is 1. The first-order valence-corrected chi connectivity index (χ1v) is 8.59. The number of methoxy groups -OCH3 is 2. The van der Waals surface area contributed by atoms with Gasteiger partial charge in [0.1, 0.15) is 11.5 Å². The van der Waals surface area contributed by atoms with Crippen LogP contribution in [0.4, 0.5) is 0 Å². The van der Waals surface area contributed by atoms with Crippen LogP contribution in [-0.2, 0) is 6.42 Å². The van der Waals surface area contributed by atoms with Gasteiger partial charge in [-0.05, 0) is 66.9 Å². The normalized spacial score (nSPS) is 35.5. The molecule has 0 bridgehead atoms. The molecule has 22 heavy (non-hydrogen) atoms. The van der Waals surface area contributed by atoms with E-state index in [-0.39, 0.29) is 0 Å². The fraction of sp³-hybridized carbons (Fsp3) is 0.600. The maximum atomic E-state index is 5.74. The zero-order chi connectivity index (χ0) is 15.3. The van der Waals surface area contributed by atoms with E-state index in [4.69, 9.17) is 9.47 Å². The third-order valence-corrected chi connectivity index (χ3v) is 6.54. The molecule has 118 valence electrons. The average molecular weight is 298 g/mol. The third kappa shape index (κ3) is 1.92. The fourth-order valence-corrected chi connectivity index (χ4v) is 5.42. The van der Waals surface area contributed by atoms with Gasteiger partial charge in [-0.3, -0.25) is 0 Å². The monoisotopic (exact) mass is 298 g/mol. The number of allylic oxidation sites excluding steroid dienone is 2. The minimum absolute atomic E-state index is 0.443. The lowest BCUT2D eigenvalue weighted by Gasteiger charge is -2.49. The van der Waals surface area contributed by atoms with Crippen molar-refractivity contribution in [3.8, 4) is 11.5 Å². The van der Waals surface area contributed by atoms with Crippen LogP contribution < -0.4 is 9.47 Å². The second-order valence-corrected chi connectivity index (χ2v) is 7.50. The van der Waals surface area contributed by atoms with Gasteiger partial charge in [0.05, 0.1) is 14.2 Å². The quantitative estimate of drug-likeness (QED) is 0.735. The van der Waals surface area contributed by atoms with Gasteiger partial charge in [-0.1, -0.05) is 19.1 Å². The lowest BCUT2D eigenvalue weighted by atomic mass is 9.55. The van der Waals surface area contributed by atoms with Gasteiger partial charge in [0.2, 0.25) is 0 Å². The molecule has 1 saturated carbocycles. The second kappa shape index (κ2) is 5.04. The van der Waals surface area contributed by atoms with Gasteiger partial charge in [0.15, 0.2) is 0 Å².